The molecule has 2 amide bonds. The minimum Gasteiger partial charge on any atom is -0.287 e. The Balaban J connectivity index is 2.23. The number of carbonyl (C=O) groups is 2. The van der Waals surface area contributed by atoms with Crippen molar-refractivity contribution in [3.63, 3.8) is 0 Å². The first kappa shape index (κ1) is 7.16. The Morgan fingerprint density at radius 2 is 2.09 bits per heavy atom. The second-order valence-electron chi connectivity index (χ2n) is 3.61. The molecule has 4 heteroatoms. The van der Waals surface area contributed by atoms with Gasteiger partial charge in [0, 0.05) is 5.25 Å². The van der Waals surface area contributed by atoms with E-state index in [1.807, 2.05) is 13.8 Å². The average Bonchev–Trinajstić information content (AvgIpc) is 2.34. The van der Waals surface area contributed by atoms with Crippen LogP contribution in [0, 0.1) is 11.3 Å². The highest BCUT2D eigenvalue weighted by Crippen LogP contribution is 2.60. The first-order chi connectivity index (χ1) is 5.03. The number of imide groups is 1. The quantitative estimate of drug-likeness (QED) is 0.591. The fourth-order valence-corrected chi connectivity index (χ4v) is 2.98. The van der Waals surface area contributed by atoms with Crippen molar-refractivity contribution in [1.29, 1.82) is 0 Å². The standard InChI is InChI=1S/C7H9NO2S/c1-7(2)3-4(7)11-6(10)8-5(3)9/h3-4H,1-2H3,(H,8,9,10). The molecule has 0 radical (unpaired) electrons. The van der Waals surface area contributed by atoms with Gasteiger partial charge in [-0.25, -0.2) is 0 Å². The molecule has 1 saturated carbocycles. The van der Waals surface area contributed by atoms with Gasteiger partial charge in [0.1, 0.15) is 0 Å². The predicted octanol–water partition coefficient (Wildman–Crippen LogP) is 0.994. The highest BCUT2D eigenvalue weighted by molar-refractivity contribution is 8.14. The molecule has 0 bridgehead atoms. The summed E-state index contributed by atoms with van der Waals surface area (Å²) in [6, 6.07) is 0. The molecule has 1 saturated heterocycles. The van der Waals surface area contributed by atoms with E-state index in [1.165, 1.54) is 11.8 Å². The van der Waals surface area contributed by atoms with Crippen LogP contribution in [0.15, 0.2) is 0 Å². The van der Waals surface area contributed by atoms with Crippen molar-refractivity contribution in [3.05, 3.63) is 0 Å². The van der Waals surface area contributed by atoms with Gasteiger partial charge in [-0.05, 0) is 5.41 Å². The van der Waals surface area contributed by atoms with E-state index in [1.54, 1.807) is 0 Å². The van der Waals surface area contributed by atoms with Crippen LogP contribution in [0.1, 0.15) is 13.8 Å². The van der Waals surface area contributed by atoms with Crippen LogP contribution in [0.3, 0.4) is 0 Å². The summed E-state index contributed by atoms with van der Waals surface area (Å²) in [5.74, 6) is -0.0334. The molecule has 2 atom stereocenters. The van der Waals surface area contributed by atoms with Crippen molar-refractivity contribution in [3.8, 4) is 0 Å². The van der Waals surface area contributed by atoms with Crippen LogP contribution in [0.4, 0.5) is 4.79 Å². The monoisotopic (exact) mass is 171 g/mol. The van der Waals surface area contributed by atoms with E-state index < -0.39 is 0 Å². The second kappa shape index (κ2) is 1.80. The SMILES string of the molecule is CC1(C)C2SC(=O)NC(=O)C21. The highest BCUT2D eigenvalue weighted by Gasteiger charge is 2.65. The molecule has 2 rings (SSSR count). The Bertz CT molecular complexity index is 249. The van der Waals surface area contributed by atoms with Gasteiger partial charge < -0.3 is 0 Å². The van der Waals surface area contributed by atoms with Gasteiger partial charge in [-0.3, -0.25) is 14.9 Å². The lowest BCUT2D eigenvalue weighted by molar-refractivity contribution is -0.121. The average molecular weight is 171 g/mol. The molecule has 2 fully saturated rings. The van der Waals surface area contributed by atoms with Gasteiger partial charge in [0.25, 0.3) is 5.24 Å². The molecular formula is C7H9NO2S. The van der Waals surface area contributed by atoms with Gasteiger partial charge >= 0.3 is 0 Å². The minimum atomic E-state index is -0.193. The van der Waals surface area contributed by atoms with Crippen LogP contribution in [-0.4, -0.2) is 16.4 Å². The molecular weight excluding hydrogens is 162 g/mol. The zero-order valence-corrected chi connectivity index (χ0v) is 7.20. The van der Waals surface area contributed by atoms with Gasteiger partial charge in [0.15, 0.2) is 0 Å². The number of thioether (sulfide) groups is 1. The van der Waals surface area contributed by atoms with Crippen LogP contribution in [-0.2, 0) is 4.79 Å². The Hall–Kier alpha value is -0.510. The topological polar surface area (TPSA) is 46.2 Å². The van der Waals surface area contributed by atoms with Crippen LogP contribution < -0.4 is 5.32 Å². The maximum Gasteiger partial charge on any atom is 0.285 e. The number of hydrogen-bond donors (Lipinski definition) is 1. The molecule has 1 aliphatic heterocycles. The Labute approximate surface area is 68.9 Å². The fourth-order valence-electron chi connectivity index (χ4n) is 1.61. The third kappa shape index (κ3) is 0.819. The summed E-state index contributed by atoms with van der Waals surface area (Å²) in [4.78, 5) is 21.9. The Morgan fingerprint density at radius 3 is 2.64 bits per heavy atom. The summed E-state index contributed by atoms with van der Waals surface area (Å²) >= 11 is 1.26. The molecule has 60 valence electrons. The third-order valence-corrected chi connectivity index (χ3v) is 3.92. The summed E-state index contributed by atoms with van der Waals surface area (Å²) < 4.78 is 0. The highest BCUT2D eigenvalue weighted by atomic mass is 32.2. The molecule has 11 heavy (non-hydrogen) atoms. The van der Waals surface area contributed by atoms with E-state index in [0.717, 1.165) is 0 Å². The van der Waals surface area contributed by atoms with E-state index in [2.05, 4.69) is 5.32 Å². The Kier molecular flexibility index (Phi) is 1.17. The number of hydrogen-bond acceptors (Lipinski definition) is 3. The molecule has 1 N–H and O–H groups in total. The first-order valence-electron chi connectivity index (χ1n) is 3.55. The summed E-state index contributed by atoms with van der Waals surface area (Å²) in [5, 5.41) is 2.34. The number of fused-ring (bicyclic) bond motifs is 1. The fraction of sp³-hybridized carbons (Fsp3) is 0.714. The number of amides is 2. The van der Waals surface area contributed by atoms with E-state index in [-0.39, 0.29) is 27.7 Å². The van der Waals surface area contributed by atoms with Crippen molar-refractivity contribution < 1.29 is 9.59 Å². The number of carbonyl (C=O) groups excluding carboxylic acids is 2. The van der Waals surface area contributed by atoms with Gasteiger partial charge in [-0.2, -0.15) is 0 Å². The molecule has 1 aliphatic carbocycles. The van der Waals surface area contributed by atoms with Gasteiger partial charge in [0.2, 0.25) is 5.91 Å². The normalized spacial score (nSPS) is 39.5. The number of rotatable bonds is 0. The summed E-state index contributed by atoms with van der Waals surface area (Å²) in [5.41, 5.74) is 0.0287. The molecule has 0 aromatic heterocycles. The first-order valence-corrected chi connectivity index (χ1v) is 4.43. The molecule has 3 nitrogen and oxygen atoms in total. The Morgan fingerprint density at radius 1 is 1.45 bits per heavy atom. The minimum absolute atomic E-state index is 0.0287. The summed E-state index contributed by atoms with van der Waals surface area (Å²) in [6.45, 7) is 4.04. The van der Waals surface area contributed by atoms with E-state index in [9.17, 15) is 9.59 Å². The molecule has 0 aromatic rings. The largest absolute Gasteiger partial charge is 0.287 e. The lowest BCUT2D eigenvalue weighted by atomic mass is 10.1. The van der Waals surface area contributed by atoms with Crippen LogP contribution >= 0.6 is 11.8 Å². The van der Waals surface area contributed by atoms with Crippen molar-refractivity contribution >= 4 is 22.9 Å². The zero-order chi connectivity index (χ0) is 8.22. The number of nitrogens with one attached hydrogen (secondary N) is 1. The lowest BCUT2D eigenvalue weighted by Crippen LogP contribution is -2.33. The van der Waals surface area contributed by atoms with Gasteiger partial charge in [0.05, 0.1) is 5.92 Å². The molecule has 2 aliphatic rings. The van der Waals surface area contributed by atoms with Crippen molar-refractivity contribution in [2.75, 3.05) is 0 Å². The van der Waals surface area contributed by atoms with Gasteiger partial charge in [-0.1, -0.05) is 25.6 Å². The third-order valence-electron chi connectivity index (χ3n) is 2.47. The molecule has 0 aromatic carbocycles. The smallest absolute Gasteiger partial charge is 0.285 e. The van der Waals surface area contributed by atoms with Crippen LogP contribution in [0.2, 0.25) is 0 Å². The van der Waals surface area contributed by atoms with E-state index in [0.29, 0.717) is 0 Å². The van der Waals surface area contributed by atoms with Crippen LogP contribution in [0.25, 0.3) is 0 Å². The van der Waals surface area contributed by atoms with Gasteiger partial charge in [-0.15, -0.1) is 0 Å². The van der Waals surface area contributed by atoms with Crippen molar-refractivity contribution in [2.24, 2.45) is 11.3 Å². The molecule has 1 heterocycles. The summed E-state index contributed by atoms with van der Waals surface area (Å²) in [6.07, 6.45) is 0. The summed E-state index contributed by atoms with van der Waals surface area (Å²) in [7, 11) is 0. The maximum absolute atomic E-state index is 11.1. The lowest BCUT2D eigenvalue weighted by Gasteiger charge is -2.06. The molecule has 0 spiro atoms. The second-order valence-corrected chi connectivity index (χ2v) is 4.73. The van der Waals surface area contributed by atoms with E-state index >= 15 is 0 Å². The van der Waals surface area contributed by atoms with Crippen molar-refractivity contribution in [1.82, 2.24) is 5.32 Å². The zero-order valence-electron chi connectivity index (χ0n) is 6.38. The van der Waals surface area contributed by atoms with Crippen LogP contribution in [0.5, 0.6) is 0 Å². The van der Waals surface area contributed by atoms with E-state index in [4.69, 9.17) is 0 Å². The predicted molar refractivity (Wildman–Crippen MR) is 42.2 cm³/mol. The maximum atomic E-state index is 11.1. The van der Waals surface area contributed by atoms with Crippen molar-refractivity contribution in [2.45, 2.75) is 19.1 Å². The molecule has 2 unspecified atom stereocenters.